The minimum Gasteiger partial charge on any atom is -0.459 e. The number of aryl methyl sites for hydroxylation is 2. The van der Waals surface area contributed by atoms with E-state index in [0.29, 0.717) is 43.6 Å². The van der Waals surface area contributed by atoms with Gasteiger partial charge in [0.1, 0.15) is 15.7 Å². The van der Waals surface area contributed by atoms with Crippen LogP contribution in [-0.4, -0.2) is 63.5 Å². The summed E-state index contributed by atoms with van der Waals surface area (Å²) in [6, 6.07) is 3.39. The van der Waals surface area contributed by atoms with Crippen molar-refractivity contribution in [1.82, 2.24) is 19.8 Å². The van der Waals surface area contributed by atoms with E-state index in [4.69, 9.17) is 14.4 Å². The van der Waals surface area contributed by atoms with Crippen LogP contribution < -0.4 is 0 Å². The van der Waals surface area contributed by atoms with E-state index < -0.39 is 0 Å². The summed E-state index contributed by atoms with van der Waals surface area (Å²) in [5.41, 5.74) is 1.42. The van der Waals surface area contributed by atoms with Gasteiger partial charge in [-0.1, -0.05) is 11.8 Å². The molecule has 3 aromatic heterocycles. The second kappa shape index (κ2) is 8.76. The zero-order chi connectivity index (χ0) is 22.4. The summed E-state index contributed by atoms with van der Waals surface area (Å²) in [4.78, 5) is 41.5. The first kappa shape index (κ1) is 21.2. The van der Waals surface area contributed by atoms with Crippen LogP contribution in [-0.2, 0) is 17.6 Å². The van der Waals surface area contributed by atoms with Gasteiger partial charge in [0.2, 0.25) is 5.91 Å². The second-order valence-corrected chi connectivity index (χ2v) is 11.0. The minimum atomic E-state index is -0.111. The normalized spacial score (nSPS) is 18.5. The monoisotopic (exact) mass is 482 g/mol. The third-order valence-electron chi connectivity index (χ3n) is 6.73. The van der Waals surface area contributed by atoms with E-state index in [9.17, 15) is 9.59 Å². The molecule has 0 N–H and O–H groups in total. The SMILES string of the molecule is O=C(CSc1nc(C2CC2)nc2sc3c(c12)CCCC3)N1CCN(C(=O)c2ccco2)CC1. The Morgan fingerprint density at radius 3 is 2.64 bits per heavy atom. The van der Waals surface area contributed by atoms with Crippen molar-refractivity contribution in [2.45, 2.75) is 49.5 Å². The lowest BCUT2D eigenvalue weighted by atomic mass is 9.97. The molecule has 0 spiro atoms. The Bertz CT molecular complexity index is 1190. The summed E-state index contributed by atoms with van der Waals surface area (Å²) < 4.78 is 5.22. The van der Waals surface area contributed by atoms with Crippen molar-refractivity contribution in [2.75, 3.05) is 31.9 Å². The molecule has 9 heteroatoms. The van der Waals surface area contributed by atoms with E-state index in [0.717, 1.165) is 28.5 Å². The van der Waals surface area contributed by atoms with Crippen molar-refractivity contribution in [3.8, 4) is 0 Å². The zero-order valence-corrected chi connectivity index (χ0v) is 20.1. The number of fused-ring (bicyclic) bond motifs is 3. The Morgan fingerprint density at radius 2 is 1.88 bits per heavy atom. The summed E-state index contributed by atoms with van der Waals surface area (Å²) in [7, 11) is 0. The molecular formula is C24H26N4O3S2. The van der Waals surface area contributed by atoms with Crippen LogP contribution in [0.2, 0.25) is 0 Å². The number of rotatable bonds is 5. The topological polar surface area (TPSA) is 79.5 Å². The van der Waals surface area contributed by atoms with Crippen molar-refractivity contribution in [2.24, 2.45) is 0 Å². The molecule has 0 radical (unpaired) electrons. The number of furan rings is 1. The van der Waals surface area contributed by atoms with E-state index in [1.54, 1.807) is 28.8 Å². The Labute approximate surface area is 200 Å². The van der Waals surface area contributed by atoms with Crippen molar-refractivity contribution in [1.29, 1.82) is 0 Å². The average Bonchev–Trinajstić information content (AvgIpc) is 3.42. The molecule has 0 aromatic carbocycles. The van der Waals surface area contributed by atoms with Gasteiger partial charge in [-0.3, -0.25) is 9.59 Å². The number of thioether (sulfide) groups is 1. The van der Waals surface area contributed by atoms with E-state index in [1.807, 2.05) is 16.2 Å². The van der Waals surface area contributed by atoms with Gasteiger partial charge in [-0.05, 0) is 56.2 Å². The molecule has 7 nitrogen and oxygen atoms in total. The fourth-order valence-corrected chi connectivity index (χ4v) is 7.00. The maximum atomic E-state index is 13.0. The molecule has 6 rings (SSSR count). The summed E-state index contributed by atoms with van der Waals surface area (Å²) in [6.45, 7) is 2.15. The molecule has 4 heterocycles. The highest BCUT2D eigenvalue weighted by Gasteiger charge is 2.30. The molecule has 0 atom stereocenters. The number of hydrogen-bond donors (Lipinski definition) is 0. The van der Waals surface area contributed by atoms with Gasteiger partial charge in [-0.15, -0.1) is 11.3 Å². The predicted molar refractivity (Wildman–Crippen MR) is 128 cm³/mol. The first-order chi connectivity index (χ1) is 16.2. The number of carbonyl (C=O) groups excluding carboxylic acids is 2. The lowest BCUT2D eigenvalue weighted by molar-refractivity contribution is -0.129. The molecule has 2 amide bonds. The summed E-state index contributed by atoms with van der Waals surface area (Å²) in [5, 5.41) is 2.19. The highest BCUT2D eigenvalue weighted by molar-refractivity contribution is 8.00. The lowest BCUT2D eigenvalue weighted by Gasteiger charge is -2.34. The van der Waals surface area contributed by atoms with Crippen LogP contribution in [0.15, 0.2) is 27.8 Å². The van der Waals surface area contributed by atoms with Crippen molar-refractivity contribution in [3.05, 3.63) is 40.4 Å². The molecule has 1 saturated heterocycles. The van der Waals surface area contributed by atoms with Crippen molar-refractivity contribution >= 4 is 45.1 Å². The average molecular weight is 483 g/mol. The van der Waals surface area contributed by atoms with Gasteiger partial charge in [0.25, 0.3) is 5.91 Å². The van der Waals surface area contributed by atoms with Gasteiger partial charge in [-0.2, -0.15) is 0 Å². The van der Waals surface area contributed by atoms with Gasteiger partial charge in [0.15, 0.2) is 5.76 Å². The van der Waals surface area contributed by atoms with Crippen LogP contribution in [0.25, 0.3) is 10.2 Å². The van der Waals surface area contributed by atoms with Gasteiger partial charge in [0, 0.05) is 42.4 Å². The van der Waals surface area contributed by atoms with Gasteiger partial charge >= 0.3 is 0 Å². The molecule has 2 aliphatic carbocycles. The molecule has 3 aliphatic rings. The van der Waals surface area contributed by atoms with E-state index in [2.05, 4.69) is 0 Å². The van der Waals surface area contributed by atoms with E-state index >= 15 is 0 Å². The Hall–Kier alpha value is -2.39. The minimum absolute atomic E-state index is 0.105. The molecule has 172 valence electrons. The number of aromatic nitrogens is 2. The summed E-state index contributed by atoms with van der Waals surface area (Å²) >= 11 is 3.39. The third-order valence-corrected chi connectivity index (χ3v) is 8.87. The number of thiophene rings is 1. The first-order valence-electron chi connectivity index (χ1n) is 11.7. The number of hydrogen-bond acceptors (Lipinski definition) is 7. The standard InChI is InChI=1S/C24H26N4O3S2/c29-19(27-9-11-28(12-10-27)24(30)17-5-3-13-31-17)14-32-22-20-16-4-1-2-6-18(16)33-23(20)26-21(25-22)15-7-8-15/h3,5,13,15H,1-2,4,6-12,14H2. The van der Waals surface area contributed by atoms with Crippen LogP contribution in [0.4, 0.5) is 0 Å². The van der Waals surface area contributed by atoms with Crippen molar-refractivity contribution < 1.29 is 14.0 Å². The number of piperazine rings is 1. The molecule has 2 fully saturated rings. The van der Waals surface area contributed by atoms with Gasteiger partial charge in [0.05, 0.1) is 12.0 Å². The maximum absolute atomic E-state index is 13.0. The molecule has 33 heavy (non-hydrogen) atoms. The van der Waals surface area contributed by atoms with Crippen molar-refractivity contribution in [3.63, 3.8) is 0 Å². The largest absolute Gasteiger partial charge is 0.459 e. The smallest absolute Gasteiger partial charge is 0.289 e. The highest BCUT2D eigenvalue weighted by atomic mass is 32.2. The second-order valence-electron chi connectivity index (χ2n) is 8.99. The van der Waals surface area contributed by atoms with Crippen LogP contribution in [0.5, 0.6) is 0 Å². The fourth-order valence-electron chi connectivity index (χ4n) is 4.70. The van der Waals surface area contributed by atoms with Crippen LogP contribution in [0.1, 0.15) is 58.4 Å². The zero-order valence-electron chi connectivity index (χ0n) is 18.4. The van der Waals surface area contributed by atoms with E-state index in [-0.39, 0.29) is 11.8 Å². The Kier molecular flexibility index (Phi) is 5.62. The fraction of sp³-hybridized carbons (Fsp3) is 0.500. The molecular weight excluding hydrogens is 456 g/mol. The molecule has 0 unspecified atom stereocenters. The molecule has 3 aromatic rings. The Balaban J connectivity index is 1.14. The third kappa shape index (κ3) is 4.17. The first-order valence-corrected chi connectivity index (χ1v) is 13.5. The summed E-state index contributed by atoms with van der Waals surface area (Å²) in [6.07, 6.45) is 8.54. The quantitative estimate of drug-likeness (QED) is 0.402. The molecule has 1 saturated carbocycles. The maximum Gasteiger partial charge on any atom is 0.289 e. The van der Waals surface area contributed by atoms with Crippen LogP contribution in [0, 0.1) is 0 Å². The highest BCUT2D eigenvalue weighted by Crippen LogP contribution is 2.44. The summed E-state index contributed by atoms with van der Waals surface area (Å²) in [5.74, 6) is 2.16. The molecule has 0 bridgehead atoms. The Morgan fingerprint density at radius 1 is 1.09 bits per heavy atom. The number of amides is 2. The number of carbonyl (C=O) groups is 2. The van der Waals surface area contributed by atoms with Crippen LogP contribution >= 0.6 is 23.1 Å². The van der Waals surface area contributed by atoms with Gasteiger partial charge in [-0.25, -0.2) is 9.97 Å². The lowest BCUT2D eigenvalue weighted by Crippen LogP contribution is -2.51. The molecule has 1 aliphatic heterocycles. The van der Waals surface area contributed by atoms with Gasteiger partial charge < -0.3 is 14.2 Å². The van der Waals surface area contributed by atoms with E-state index in [1.165, 1.54) is 47.8 Å². The van der Waals surface area contributed by atoms with Crippen LogP contribution in [0.3, 0.4) is 0 Å². The number of nitrogens with zero attached hydrogens (tertiary/aromatic N) is 4. The predicted octanol–water partition coefficient (Wildman–Crippen LogP) is 4.12.